The summed E-state index contributed by atoms with van der Waals surface area (Å²) in [5, 5.41) is 9.82. The van der Waals surface area contributed by atoms with E-state index in [4.69, 9.17) is 11.6 Å². The number of aromatic nitrogens is 1. The van der Waals surface area contributed by atoms with Crippen molar-refractivity contribution >= 4 is 27.5 Å². The number of alkyl halides is 1. The first-order chi connectivity index (χ1) is 5.65. The number of halogens is 3. The molecule has 0 radical (unpaired) electrons. The summed E-state index contributed by atoms with van der Waals surface area (Å²) in [6.07, 6.45) is 0.289. The van der Waals surface area contributed by atoms with Crippen LogP contribution in [0.15, 0.2) is 12.3 Å². The van der Waals surface area contributed by atoms with Gasteiger partial charge < -0.3 is 5.11 Å². The molecule has 2 nitrogen and oxygen atoms in total. The van der Waals surface area contributed by atoms with Crippen molar-refractivity contribution in [2.24, 2.45) is 0 Å². The lowest BCUT2D eigenvalue weighted by molar-refractivity contribution is 0.199. The molecule has 0 aliphatic heterocycles. The van der Waals surface area contributed by atoms with Crippen LogP contribution in [-0.2, 0) is 0 Å². The molecule has 0 aliphatic carbocycles. The molecule has 0 spiro atoms. The van der Waals surface area contributed by atoms with E-state index in [0.29, 0.717) is 5.02 Å². The SMILES string of the molecule is OC(CBr)c1cc(Cl)cnc1F. The number of rotatable bonds is 2. The van der Waals surface area contributed by atoms with Crippen LogP contribution < -0.4 is 0 Å². The molecule has 1 unspecified atom stereocenters. The standard InChI is InChI=1S/C7H6BrClFNO/c8-2-6(12)5-1-4(9)3-11-7(5)10/h1,3,6,12H,2H2. The molecular formula is C7H6BrClFNO. The number of nitrogens with zero attached hydrogens (tertiary/aromatic N) is 1. The van der Waals surface area contributed by atoms with Crippen molar-refractivity contribution in [1.82, 2.24) is 4.98 Å². The van der Waals surface area contributed by atoms with Crippen LogP contribution in [0.1, 0.15) is 11.7 Å². The average molecular weight is 254 g/mol. The predicted molar refractivity (Wildman–Crippen MR) is 48.0 cm³/mol. The number of hydrogen-bond donors (Lipinski definition) is 1. The normalized spacial score (nSPS) is 13.0. The number of aliphatic hydroxyl groups is 1. The highest BCUT2D eigenvalue weighted by atomic mass is 79.9. The third kappa shape index (κ3) is 2.15. The van der Waals surface area contributed by atoms with Gasteiger partial charge in [-0.3, -0.25) is 0 Å². The maximum Gasteiger partial charge on any atom is 0.218 e. The fourth-order valence-electron chi connectivity index (χ4n) is 0.755. The van der Waals surface area contributed by atoms with Gasteiger partial charge in [0.15, 0.2) is 0 Å². The van der Waals surface area contributed by atoms with Gasteiger partial charge in [-0.15, -0.1) is 0 Å². The zero-order chi connectivity index (χ0) is 9.14. The van der Waals surface area contributed by atoms with Gasteiger partial charge in [0, 0.05) is 17.1 Å². The van der Waals surface area contributed by atoms with Crippen LogP contribution in [0.4, 0.5) is 4.39 Å². The molecule has 0 aliphatic rings. The lowest BCUT2D eigenvalue weighted by Gasteiger charge is -2.07. The van der Waals surface area contributed by atoms with Gasteiger partial charge in [0.25, 0.3) is 0 Å². The van der Waals surface area contributed by atoms with Crippen molar-refractivity contribution < 1.29 is 9.50 Å². The van der Waals surface area contributed by atoms with Gasteiger partial charge in [0.05, 0.1) is 11.1 Å². The van der Waals surface area contributed by atoms with E-state index in [9.17, 15) is 9.50 Å². The molecule has 1 aromatic rings. The maximum atomic E-state index is 12.9. The van der Waals surface area contributed by atoms with E-state index >= 15 is 0 Å². The molecule has 0 saturated carbocycles. The second-order valence-corrected chi connectivity index (χ2v) is 3.29. The van der Waals surface area contributed by atoms with Crippen molar-refractivity contribution in [3.63, 3.8) is 0 Å². The van der Waals surface area contributed by atoms with E-state index in [0.717, 1.165) is 0 Å². The second kappa shape index (κ2) is 4.16. The van der Waals surface area contributed by atoms with Crippen LogP contribution in [0, 0.1) is 5.95 Å². The third-order valence-electron chi connectivity index (χ3n) is 1.34. The van der Waals surface area contributed by atoms with Gasteiger partial charge in [-0.25, -0.2) is 4.98 Å². The monoisotopic (exact) mass is 253 g/mol. The van der Waals surface area contributed by atoms with Crippen LogP contribution in [0.25, 0.3) is 0 Å². The Labute approximate surface area is 82.5 Å². The van der Waals surface area contributed by atoms with E-state index in [2.05, 4.69) is 20.9 Å². The Bertz CT molecular complexity index is 284. The summed E-state index contributed by atoms with van der Waals surface area (Å²) < 4.78 is 12.9. The summed E-state index contributed by atoms with van der Waals surface area (Å²) in [7, 11) is 0. The highest BCUT2D eigenvalue weighted by molar-refractivity contribution is 9.09. The molecule has 0 amide bonds. The first-order valence-electron chi connectivity index (χ1n) is 3.20. The van der Waals surface area contributed by atoms with E-state index in [1.807, 2.05) is 0 Å². The fourth-order valence-corrected chi connectivity index (χ4v) is 1.27. The molecule has 5 heteroatoms. The van der Waals surface area contributed by atoms with Gasteiger partial charge in [-0.1, -0.05) is 27.5 Å². The molecule has 66 valence electrons. The van der Waals surface area contributed by atoms with Crippen LogP contribution in [0.2, 0.25) is 5.02 Å². The maximum absolute atomic E-state index is 12.9. The third-order valence-corrected chi connectivity index (χ3v) is 2.16. The van der Waals surface area contributed by atoms with E-state index in [1.165, 1.54) is 12.3 Å². The lowest BCUT2D eigenvalue weighted by Crippen LogP contribution is -2.03. The Kier molecular flexibility index (Phi) is 3.43. The Hall–Kier alpha value is -0.190. The molecule has 1 heterocycles. The Morgan fingerprint density at radius 1 is 1.75 bits per heavy atom. The summed E-state index contributed by atoms with van der Waals surface area (Å²) in [5.41, 5.74) is 0.111. The van der Waals surface area contributed by atoms with Crippen molar-refractivity contribution in [2.45, 2.75) is 6.10 Å². The van der Waals surface area contributed by atoms with Crippen LogP contribution in [0.3, 0.4) is 0 Å². The van der Waals surface area contributed by atoms with E-state index in [1.54, 1.807) is 0 Å². The number of hydrogen-bond acceptors (Lipinski definition) is 2. The van der Waals surface area contributed by atoms with Gasteiger partial charge >= 0.3 is 0 Å². The first-order valence-corrected chi connectivity index (χ1v) is 4.70. The molecule has 0 fully saturated rings. The summed E-state index contributed by atoms with van der Waals surface area (Å²) in [4.78, 5) is 3.37. The molecule has 1 rings (SSSR count). The summed E-state index contributed by atoms with van der Waals surface area (Å²) in [6.45, 7) is 0. The van der Waals surface area contributed by atoms with E-state index < -0.39 is 12.1 Å². The largest absolute Gasteiger partial charge is 0.387 e. The quantitative estimate of drug-likeness (QED) is 0.649. The minimum Gasteiger partial charge on any atom is -0.387 e. The van der Waals surface area contributed by atoms with Crippen LogP contribution >= 0.6 is 27.5 Å². The van der Waals surface area contributed by atoms with Crippen molar-refractivity contribution in [3.8, 4) is 0 Å². The summed E-state index contributed by atoms with van der Waals surface area (Å²) in [5.74, 6) is -0.689. The Morgan fingerprint density at radius 3 is 3.00 bits per heavy atom. The smallest absolute Gasteiger partial charge is 0.218 e. The van der Waals surface area contributed by atoms with E-state index in [-0.39, 0.29) is 10.9 Å². The predicted octanol–water partition coefficient (Wildman–Crippen LogP) is 2.30. The van der Waals surface area contributed by atoms with Crippen molar-refractivity contribution in [2.75, 3.05) is 5.33 Å². The highest BCUT2D eigenvalue weighted by Gasteiger charge is 2.12. The number of pyridine rings is 1. The topological polar surface area (TPSA) is 33.1 Å². The van der Waals surface area contributed by atoms with Crippen LogP contribution in [0.5, 0.6) is 0 Å². The lowest BCUT2D eigenvalue weighted by atomic mass is 10.2. The van der Waals surface area contributed by atoms with Gasteiger partial charge in [-0.05, 0) is 6.07 Å². The minimum atomic E-state index is -0.906. The minimum absolute atomic E-state index is 0.111. The molecular weight excluding hydrogens is 248 g/mol. The fraction of sp³-hybridized carbons (Fsp3) is 0.286. The number of aliphatic hydroxyl groups excluding tert-OH is 1. The van der Waals surface area contributed by atoms with Crippen molar-refractivity contribution in [1.29, 1.82) is 0 Å². The average Bonchev–Trinajstić information content (AvgIpc) is 2.08. The molecule has 0 aromatic carbocycles. The highest BCUT2D eigenvalue weighted by Crippen LogP contribution is 2.20. The van der Waals surface area contributed by atoms with Gasteiger partial charge in [0.2, 0.25) is 5.95 Å². The first kappa shape index (κ1) is 9.89. The second-order valence-electron chi connectivity index (χ2n) is 2.20. The molecule has 0 saturated heterocycles. The Morgan fingerprint density at radius 2 is 2.42 bits per heavy atom. The van der Waals surface area contributed by atoms with Gasteiger partial charge in [-0.2, -0.15) is 4.39 Å². The molecule has 0 bridgehead atoms. The van der Waals surface area contributed by atoms with Crippen molar-refractivity contribution in [3.05, 3.63) is 28.8 Å². The zero-order valence-electron chi connectivity index (χ0n) is 5.97. The summed E-state index contributed by atoms with van der Waals surface area (Å²) in [6, 6.07) is 1.36. The molecule has 1 aromatic heterocycles. The van der Waals surface area contributed by atoms with Gasteiger partial charge in [0.1, 0.15) is 0 Å². The zero-order valence-corrected chi connectivity index (χ0v) is 8.31. The molecule has 12 heavy (non-hydrogen) atoms. The Balaban J connectivity index is 3.04. The molecule has 1 atom stereocenters. The summed E-state index contributed by atoms with van der Waals surface area (Å²) >= 11 is 8.58. The van der Waals surface area contributed by atoms with Crippen LogP contribution in [-0.4, -0.2) is 15.4 Å². The molecule has 1 N–H and O–H groups in total.